The van der Waals surface area contributed by atoms with Crippen LogP contribution in [0.25, 0.3) is 11.1 Å². The largest absolute Gasteiger partial charge is 0.0683 e. The third kappa shape index (κ3) is 9.55. The van der Waals surface area contributed by atoms with Gasteiger partial charge in [0.1, 0.15) is 0 Å². The molecule has 0 aromatic heterocycles. The zero-order chi connectivity index (χ0) is 18.4. The van der Waals surface area contributed by atoms with E-state index in [2.05, 4.69) is 75.4 Å². The van der Waals surface area contributed by atoms with Crippen LogP contribution in [0.4, 0.5) is 0 Å². The van der Waals surface area contributed by atoms with E-state index in [0.29, 0.717) is 5.41 Å². The first-order chi connectivity index (χ1) is 11.5. The van der Waals surface area contributed by atoms with Crippen LogP contribution in [-0.2, 0) is 6.42 Å². The number of hydrogen-bond acceptors (Lipinski definition) is 0. The molecule has 0 bridgehead atoms. The molecule has 0 heterocycles. The Balaban J connectivity index is 0.00000123. The Morgan fingerprint density at radius 1 is 0.625 bits per heavy atom. The molecule has 134 valence electrons. The van der Waals surface area contributed by atoms with E-state index in [1.807, 2.05) is 27.7 Å². The highest BCUT2D eigenvalue weighted by molar-refractivity contribution is 5.63. The molecule has 0 unspecified atom stereocenters. The Hall–Kier alpha value is -1.56. The molecule has 0 atom stereocenters. The van der Waals surface area contributed by atoms with E-state index in [9.17, 15) is 0 Å². The van der Waals surface area contributed by atoms with Crippen LogP contribution in [0.1, 0.15) is 73.3 Å². The van der Waals surface area contributed by atoms with Gasteiger partial charge in [0.15, 0.2) is 0 Å². The highest BCUT2D eigenvalue weighted by atomic mass is 14.1. The summed E-state index contributed by atoms with van der Waals surface area (Å²) in [5.41, 5.74) is 4.53. The summed E-state index contributed by atoms with van der Waals surface area (Å²) < 4.78 is 0. The maximum Gasteiger partial charge on any atom is -0.0184 e. The molecule has 0 aliphatic rings. The summed E-state index contributed by atoms with van der Waals surface area (Å²) in [6.07, 6.45) is 5.13. The summed E-state index contributed by atoms with van der Waals surface area (Å²) in [5.74, 6) is 0. The van der Waals surface area contributed by atoms with Crippen LogP contribution >= 0.6 is 0 Å². The highest BCUT2D eigenvalue weighted by Gasteiger charge is 2.08. The zero-order valence-electron chi connectivity index (χ0n) is 17.0. The van der Waals surface area contributed by atoms with E-state index in [4.69, 9.17) is 0 Å². The summed E-state index contributed by atoms with van der Waals surface area (Å²) in [6, 6.07) is 19.6. The van der Waals surface area contributed by atoms with Gasteiger partial charge < -0.3 is 0 Å². The van der Waals surface area contributed by atoms with E-state index in [1.54, 1.807) is 0 Å². The molecule has 0 fully saturated rings. The van der Waals surface area contributed by atoms with Crippen LogP contribution < -0.4 is 0 Å². The molecule has 0 aliphatic carbocycles. The lowest BCUT2D eigenvalue weighted by Crippen LogP contribution is -2.04. The minimum absolute atomic E-state index is 0.469. The maximum atomic E-state index is 2.32. The molecular weight excluding hydrogens is 288 g/mol. The lowest BCUT2D eigenvalue weighted by Gasteiger charge is -2.17. The average Bonchev–Trinajstić information content (AvgIpc) is 2.63. The Morgan fingerprint density at radius 2 is 1.12 bits per heavy atom. The van der Waals surface area contributed by atoms with Crippen molar-refractivity contribution in [2.45, 2.75) is 74.1 Å². The molecule has 24 heavy (non-hydrogen) atoms. The third-order valence-corrected chi connectivity index (χ3v) is 3.70. The van der Waals surface area contributed by atoms with Gasteiger partial charge in [0, 0.05) is 0 Å². The number of aryl methyl sites for hydroxylation is 1. The van der Waals surface area contributed by atoms with Crippen molar-refractivity contribution in [1.29, 1.82) is 0 Å². The molecule has 2 aromatic carbocycles. The molecule has 0 aliphatic heterocycles. The topological polar surface area (TPSA) is 0 Å². The van der Waals surface area contributed by atoms with Crippen molar-refractivity contribution < 1.29 is 0 Å². The second kappa shape index (κ2) is 12.8. The Kier molecular flexibility index (Phi) is 12.0. The van der Waals surface area contributed by atoms with Gasteiger partial charge in [-0.25, -0.2) is 0 Å². The normalized spacial score (nSPS) is 10.1. The van der Waals surface area contributed by atoms with Crippen LogP contribution in [0.2, 0.25) is 0 Å². The van der Waals surface area contributed by atoms with E-state index in [1.165, 1.54) is 42.4 Å². The summed E-state index contributed by atoms with van der Waals surface area (Å²) in [5, 5.41) is 0. The van der Waals surface area contributed by atoms with Crippen LogP contribution in [0, 0.1) is 5.41 Å². The van der Waals surface area contributed by atoms with Gasteiger partial charge in [0.25, 0.3) is 0 Å². The van der Waals surface area contributed by atoms with Crippen LogP contribution in [0.15, 0.2) is 54.6 Å². The smallest absolute Gasteiger partial charge is 0.0184 e. The second-order valence-corrected chi connectivity index (χ2v) is 6.83. The van der Waals surface area contributed by atoms with Crippen molar-refractivity contribution in [3.63, 3.8) is 0 Å². The molecule has 2 aromatic rings. The van der Waals surface area contributed by atoms with E-state index in [0.717, 1.165) is 0 Å². The quantitative estimate of drug-likeness (QED) is 0.486. The first kappa shape index (κ1) is 22.4. The van der Waals surface area contributed by atoms with Crippen LogP contribution in [0.5, 0.6) is 0 Å². The van der Waals surface area contributed by atoms with Crippen molar-refractivity contribution in [2.24, 2.45) is 5.41 Å². The molecule has 2 rings (SSSR count). The number of benzene rings is 2. The van der Waals surface area contributed by atoms with Gasteiger partial charge in [-0.1, -0.05) is 109 Å². The molecule has 0 radical (unpaired) electrons. The summed E-state index contributed by atoms with van der Waals surface area (Å²) >= 11 is 0. The molecule has 0 spiro atoms. The van der Waals surface area contributed by atoms with Gasteiger partial charge in [-0.15, -0.1) is 0 Å². The third-order valence-electron chi connectivity index (χ3n) is 3.70. The van der Waals surface area contributed by atoms with Crippen molar-refractivity contribution >= 4 is 0 Å². The zero-order valence-corrected chi connectivity index (χ0v) is 17.0. The molecule has 0 nitrogen and oxygen atoms in total. The van der Waals surface area contributed by atoms with Crippen molar-refractivity contribution in [3.05, 3.63) is 60.2 Å². The fourth-order valence-electron chi connectivity index (χ4n) is 2.48. The summed E-state index contributed by atoms with van der Waals surface area (Å²) in [4.78, 5) is 0. The molecular formula is C24H38. The number of unbranched alkanes of at least 4 members (excludes halogenated alkanes) is 1. The fraction of sp³-hybridized carbons (Fsp3) is 0.500. The first-order valence-electron chi connectivity index (χ1n) is 9.69. The van der Waals surface area contributed by atoms with Crippen molar-refractivity contribution in [3.8, 4) is 11.1 Å². The van der Waals surface area contributed by atoms with Gasteiger partial charge in [-0.05, 0) is 41.4 Å². The van der Waals surface area contributed by atoms with Gasteiger partial charge >= 0.3 is 0 Å². The Morgan fingerprint density at radius 3 is 1.62 bits per heavy atom. The standard InChI is InChI=1S/C20H26.2C2H6/c1-20(2,3)16-8-7-9-17-12-14-19(15-13-17)18-10-5-4-6-11-18;2*1-2/h4-6,10-15H,7-9,16H2,1-3H3;2*1-2H3. The number of rotatable bonds is 5. The Labute approximate surface area is 151 Å². The molecule has 0 N–H and O–H groups in total. The lowest BCUT2D eigenvalue weighted by molar-refractivity contribution is 0.360. The summed E-state index contributed by atoms with van der Waals surface area (Å²) in [7, 11) is 0. The molecule has 0 saturated heterocycles. The first-order valence-corrected chi connectivity index (χ1v) is 9.69. The van der Waals surface area contributed by atoms with Gasteiger partial charge in [0.05, 0.1) is 0 Å². The van der Waals surface area contributed by atoms with Gasteiger partial charge in [0.2, 0.25) is 0 Å². The van der Waals surface area contributed by atoms with Crippen molar-refractivity contribution in [2.75, 3.05) is 0 Å². The monoisotopic (exact) mass is 326 g/mol. The van der Waals surface area contributed by atoms with E-state index in [-0.39, 0.29) is 0 Å². The Bertz CT molecular complexity index is 500. The highest BCUT2D eigenvalue weighted by Crippen LogP contribution is 2.23. The van der Waals surface area contributed by atoms with Crippen LogP contribution in [0.3, 0.4) is 0 Å². The number of hydrogen-bond donors (Lipinski definition) is 0. The SMILES string of the molecule is CC.CC.CC(C)(C)CCCCc1ccc(-c2ccccc2)cc1. The minimum Gasteiger partial charge on any atom is -0.0683 e. The van der Waals surface area contributed by atoms with Gasteiger partial charge in [-0.3, -0.25) is 0 Å². The molecule has 0 heteroatoms. The lowest BCUT2D eigenvalue weighted by atomic mass is 9.89. The average molecular weight is 327 g/mol. The second-order valence-electron chi connectivity index (χ2n) is 6.83. The maximum absolute atomic E-state index is 2.32. The van der Waals surface area contributed by atoms with E-state index >= 15 is 0 Å². The summed E-state index contributed by atoms with van der Waals surface area (Å²) in [6.45, 7) is 15.0. The molecule has 0 saturated carbocycles. The molecule has 0 amide bonds. The van der Waals surface area contributed by atoms with Crippen molar-refractivity contribution in [1.82, 2.24) is 0 Å². The fourth-order valence-corrected chi connectivity index (χ4v) is 2.48. The van der Waals surface area contributed by atoms with Crippen LogP contribution in [-0.4, -0.2) is 0 Å². The predicted molar refractivity (Wildman–Crippen MR) is 112 cm³/mol. The predicted octanol–water partition coefficient (Wildman–Crippen LogP) is 8.16. The van der Waals surface area contributed by atoms with Gasteiger partial charge in [-0.2, -0.15) is 0 Å². The minimum atomic E-state index is 0.469. The van der Waals surface area contributed by atoms with E-state index < -0.39 is 0 Å².